The fraction of sp³-hybridized carbons (Fsp3) is 0.462. The number of esters is 1. The predicted molar refractivity (Wildman–Crippen MR) is 73.0 cm³/mol. The minimum absolute atomic E-state index is 0.364. The molecule has 0 fully saturated rings. The van der Waals surface area contributed by atoms with E-state index in [1.165, 1.54) is 12.1 Å². The highest BCUT2D eigenvalue weighted by Crippen LogP contribution is 2.24. The van der Waals surface area contributed by atoms with E-state index in [4.69, 9.17) is 4.74 Å². The number of carbonyl (C=O) groups is 1. The lowest BCUT2D eigenvalue weighted by molar-refractivity contribution is -0.155. The van der Waals surface area contributed by atoms with Crippen LogP contribution in [0.15, 0.2) is 22.7 Å². The van der Waals surface area contributed by atoms with Gasteiger partial charge in [0, 0.05) is 4.47 Å². The summed E-state index contributed by atoms with van der Waals surface area (Å²) in [6.45, 7) is 7.08. The zero-order valence-electron chi connectivity index (χ0n) is 10.9. The third-order valence-electron chi connectivity index (χ3n) is 2.06. The van der Waals surface area contributed by atoms with Gasteiger partial charge in [-0.25, -0.2) is 9.18 Å². The molecule has 1 rings (SSSR count). The molecule has 1 atom stereocenters. The van der Waals surface area contributed by atoms with Gasteiger partial charge in [0.25, 0.3) is 0 Å². The van der Waals surface area contributed by atoms with E-state index in [0.29, 0.717) is 10.2 Å². The van der Waals surface area contributed by atoms with Crippen LogP contribution in [0.25, 0.3) is 0 Å². The van der Waals surface area contributed by atoms with Crippen LogP contribution in [0, 0.1) is 5.82 Å². The molecule has 0 saturated heterocycles. The average molecular weight is 318 g/mol. The summed E-state index contributed by atoms with van der Waals surface area (Å²) in [7, 11) is 0. The summed E-state index contributed by atoms with van der Waals surface area (Å²) in [4.78, 5) is 11.8. The Labute approximate surface area is 115 Å². The van der Waals surface area contributed by atoms with Crippen LogP contribution in [-0.2, 0) is 9.53 Å². The number of nitrogens with one attached hydrogen (secondary N) is 1. The minimum atomic E-state index is -0.553. The monoisotopic (exact) mass is 317 g/mol. The van der Waals surface area contributed by atoms with Crippen molar-refractivity contribution in [3.63, 3.8) is 0 Å². The van der Waals surface area contributed by atoms with Crippen LogP contribution in [0.3, 0.4) is 0 Å². The van der Waals surface area contributed by atoms with Crippen LogP contribution in [0.2, 0.25) is 0 Å². The predicted octanol–water partition coefficient (Wildman–Crippen LogP) is 3.73. The molecule has 0 spiro atoms. The van der Waals surface area contributed by atoms with Crippen molar-refractivity contribution < 1.29 is 13.9 Å². The van der Waals surface area contributed by atoms with E-state index in [0.717, 1.165) is 0 Å². The second-order valence-electron chi connectivity index (χ2n) is 5.02. The lowest BCUT2D eigenvalue weighted by Gasteiger charge is -2.23. The number of benzene rings is 1. The molecular formula is C13H17BrFNO2. The first kappa shape index (κ1) is 15.0. The molecule has 0 heterocycles. The molecule has 0 radical (unpaired) electrons. The van der Waals surface area contributed by atoms with Crippen molar-refractivity contribution in [2.75, 3.05) is 5.32 Å². The van der Waals surface area contributed by atoms with Crippen molar-refractivity contribution in [1.82, 2.24) is 0 Å². The molecule has 0 aliphatic carbocycles. The molecule has 1 aromatic rings. The molecule has 0 amide bonds. The molecule has 100 valence electrons. The standard InChI is InChI=1S/C13H17BrFNO2/c1-8(12(17)18-13(2,3)4)16-11-7-9(15)5-6-10(11)14/h5-8,16H,1-4H3. The van der Waals surface area contributed by atoms with Crippen LogP contribution in [0.4, 0.5) is 10.1 Å². The van der Waals surface area contributed by atoms with Gasteiger partial charge >= 0.3 is 5.97 Å². The minimum Gasteiger partial charge on any atom is -0.458 e. The van der Waals surface area contributed by atoms with Crippen molar-refractivity contribution in [3.05, 3.63) is 28.5 Å². The van der Waals surface area contributed by atoms with Crippen LogP contribution in [0.1, 0.15) is 27.7 Å². The summed E-state index contributed by atoms with van der Waals surface area (Å²) in [6, 6.07) is 3.69. The lowest BCUT2D eigenvalue weighted by Crippen LogP contribution is -2.34. The second-order valence-corrected chi connectivity index (χ2v) is 5.88. The first-order chi connectivity index (χ1) is 8.19. The van der Waals surface area contributed by atoms with Gasteiger partial charge in [-0.15, -0.1) is 0 Å². The highest BCUT2D eigenvalue weighted by molar-refractivity contribution is 9.10. The molecule has 0 bridgehead atoms. The summed E-state index contributed by atoms with van der Waals surface area (Å²) in [5.74, 6) is -0.740. The maximum atomic E-state index is 13.1. The topological polar surface area (TPSA) is 38.3 Å². The first-order valence-corrected chi connectivity index (χ1v) is 6.43. The Kier molecular flexibility index (Phi) is 4.73. The van der Waals surface area contributed by atoms with Gasteiger partial charge in [0.2, 0.25) is 0 Å². The molecule has 0 aliphatic heterocycles. The molecule has 5 heteroatoms. The maximum absolute atomic E-state index is 13.1. The van der Waals surface area contributed by atoms with E-state index < -0.39 is 11.6 Å². The normalized spacial score (nSPS) is 13.0. The Morgan fingerprint density at radius 2 is 2.06 bits per heavy atom. The Bertz CT molecular complexity index is 443. The Morgan fingerprint density at radius 3 is 2.61 bits per heavy atom. The van der Waals surface area contributed by atoms with Crippen LogP contribution in [-0.4, -0.2) is 17.6 Å². The van der Waals surface area contributed by atoms with E-state index in [2.05, 4.69) is 21.2 Å². The number of hydrogen-bond acceptors (Lipinski definition) is 3. The Hall–Kier alpha value is -1.10. The average Bonchev–Trinajstić information content (AvgIpc) is 2.21. The van der Waals surface area contributed by atoms with Crippen molar-refractivity contribution in [2.45, 2.75) is 39.3 Å². The van der Waals surface area contributed by atoms with Gasteiger partial charge in [-0.05, 0) is 61.8 Å². The number of rotatable bonds is 3. The highest BCUT2D eigenvalue weighted by Gasteiger charge is 2.22. The molecule has 1 N–H and O–H groups in total. The fourth-order valence-corrected chi connectivity index (χ4v) is 1.65. The number of carbonyl (C=O) groups excluding carboxylic acids is 1. The number of ether oxygens (including phenoxy) is 1. The van der Waals surface area contributed by atoms with Gasteiger partial charge in [-0.2, -0.15) is 0 Å². The Balaban J connectivity index is 2.72. The lowest BCUT2D eigenvalue weighted by atomic mass is 10.2. The third-order valence-corrected chi connectivity index (χ3v) is 2.75. The van der Waals surface area contributed by atoms with Gasteiger partial charge in [-0.3, -0.25) is 0 Å². The van der Waals surface area contributed by atoms with Crippen molar-refractivity contribution >= 4 is 27.6 Å². The van der Waals surface area contributed by atoms with Gasteiger partial charge in [0.05, 0.1) is 5.69 Å². The van der Waals surface area contributed by atoms with Crippen molar-refractivity contribution in [1.29, 1.82) is 0 Å². The van der Waals surface area contributed by atoms with Gasteiger partial charge in [0.1, 0.15) is 17.5 Å². The smallest absolute Gasteiger partial charge is 0.328 e. The maximum Gasteiger partial charge on any atom is 0.328 e. The fourth-order valence-electron chi connectivity index (χ4n) is 1.29. The van der Waals surface area contributed by atoms with Gasteiger partial charge < -0.3 is 10.1 Å². The van der Waals surface area contributed by atoms with E-state index in [9.17, 15) is 9.18 Å². The van der Waals surface area contributed by atoms with Crippen LogP contribution >= 0.6 is 15.9 Å². The summed E-state index contributed by atoms with van der Waals surface area (Å²) in [6.07, 6.45) is 0. The van der Waals surface area contributed by atoms with E-state index in [1.807, 2.05) is 0 Å². The first-order valence-electron chi connectivity index (χ1n) is 5.63. The molecule has 3 nitrogen and oxygen atoms in total. The summed E-state index contributed by atoms with van der Waals surface area (Å²) in [5.41, 5.74) is -0.0139. The number of hydrogen-bond donors (Lipinski definition) is 1. The molecule has 0 saturated carbocycles. The second kappa shape index (κ2) is 5.69. The molecule has 1 aromatic carbocycles. The summed E-state index contributed by atoms with van der Waals surface area (Å²) in [5, 5.41) is 2.91. The van der Waals surface area contributed by atoms with Crippen LogP contribution in [0.5, 0.6) is 0 Å². The van der Waals surface area contributed by atoms with E-state index >= 15 is 0 Å². The summed E-state index contributed by atoms with van der Waals surface area (Å²) < 4.78 is 19.0. The quantitative estimate of drug-likeness (QED) is 0.863. The third kappa shape index (κ3) is 4.64. The Morgan fingerprint density at radius 1 is 1.44 bits per heavy atom. The largest absolute Gasteiger partial charge is 0.458 e. The number of anilines is 1. The molecular weight excluding hydrogens is 301 g/mol. The zero-order valence-corrected chi connectivity index (χ0v) is 12.5. The van der Waals surface area contributed by atoms with E-state index in [-0.39, 0.29) is 11.8 Å². The zero-order chi connectivity index (χ0) is 13.9. The highest BCUT2D eigenvalue weighted by atomic mass is 79.9. The number of halogens is 2. The molecule has 1 unspecified atom stereocenters. The van der Waals surface area contributed by atoms with E-state index in [1.54, 1.807) is 33.8 Å². The summed E-state index contributed by atoms with van der Waals surface area (Å²) >= 11 is 3.29. The molecule has 0 aromatic heterocycles. The van der Waals surface area contributed by atoms with Crippen molar-refractivity contribution in [2.24, 2.45) is 0 Å². The SMILES string of the molecule is CC(Nc1cc(F)ccc1Br)C(=O)OC(C)(C)C. The van der Waals surface area contributed by atoms with Gasteiger partial charge in [-0.1, -0.05) is 0 Å². The van der Waals surface area contributed by atoms with Crippen LogP contribution < -0.4 is 5.32 Å². The molecule has 18 heavy (non-hydrogen) atoms. The van der Waals surface area contributed by atoms with Crippen molar-refractivity contribution in [3.8, 4) is 0 Å². The van der Waals surface area contributed by atoms with Gasteiger partial charge in [0.15, 0.2) is 0 Å². The molecule has 0 aliphatic rings.